The molecular formula is C14H14BrClO2S. The molecular weight excluding hydrogens is 348 g/mol. The monoisotopic (exact) mass is 360 g/mol. The summed E-state index contributed by atoms with van der Waals surface area (Å²) in [5.41, 5.74) is 0.908. The van der Waals surface area contributed by atoms with Crippen molar-refractivity contribution in [2.75, 3.05) is 14.2 Å². The van der Waals surface area contributed by atoms with E-state index < -0.39 is 0 Å². The summed E-state index contributed by atoms with van der Waals surface area (Å²) >= 11 is 11.7. The molecule has 2 rings (SSSR count). The molecule has 0 aliphatic heterocycles. The van der Waals surface area contributed by atoms with Crippen molar-refractivity contribution in [3.63, 3.8) is 0 Å². The maximum Gasteiger partial charge on any atom is 0.133 e. The van der Waals surface area contributed by atoms with Crippen LogP contribution < -0.4 is 9.47 Å². The molecule has 0 N–H and O–H groups in total. The lowest BCUT2D eigenvalue weighted by atomic mass is 10.1. The Hall–Kier alpha value is -0.710. The highest BCUT2D eigenvalue weighted by molar-refractivity contribution is 9.10. The van der Waals surface area contributed by atoms with Gasteiger partial charge in [0.05, 0.1) is 24.1 Å². The van der Waals surface area contributed by atoms with Gasteiger partial charge in [0, 0.05) is 15.3 Å². The number of thiophene rings is 1. The average molecular weight is 362 g/mol. The number of benzene rings is 1. The molecule has 5 heteroatoms. The van der Waals surface area contributed by atoms with Gasteiger partial charge in [0.25, 0.3) is 0 Å². The number of hydrogen-bond acceptors (Lipinski definition) is 3. The molecule has 2 aromatic rings. The number of rotatable bonds is 4. The van der Waals surface area contributed by atoms with Gasteiger partial charge in [-0.3, -0.25) is 0 Å². The molecule has 102 valence electrons. The molecule has 0 saturated heterocycles. The summed E-state index contributed by atoms with van der Waals surface area (Å²) in [6.45, 7) is 2.07. The summed E-state index contributed by atoms with van der Waals surface area (Å²) in [5.74, 6) is 1.49. The zero-order chi connectivity index (χ0) is 14.0. The Kier molecular flexibility index (Phi) is 4.76. The molecule has 1 heterocycles. The quantitative estimate of drug-likeness (QED) is 0.700. The minimum absolute atomic E-state index is 0.240. The van der Waals surface area contributed by atoms with Crippen molar-refractivity contribution in [3.05, 3.63) is 44.1 Å². The predicted molar refractivity (Wildman–Crippen MR) is 84.0 cm³/mol. The first kappa shape index (κ1) is 14.7. The molecule has 2 nitrogen and oxygen atoms in total. The maximum absolute atomic E-state index is 6.57. The number of hydrogen-bond donors (Lipinski definition) is 0. The summed E-state index contributed by atoms with van der Waals surface area (Å²) in [6.07, 6.45) is 0. The zero-order valence-corrected chi connectivity index (χ0v) is 14.0. The molecule has 1 aromatic carbocycles. The Morgan fingerprint density at radius 1 is 1.16 bits per heavy atom. The highest BCUT2D eigenvalue weighted by Crippen LogP contribution is 2.42. The normalized spacial score (nSPS) is 12.3. The first-order valence-corrected chi connectivity index (χ1v) is 7.73. The van der Waals surface area contributed by atoms with E-state index in [-0.39, 0.29) is 5.38 Å². The molecule has 0 aliphatic carbocycles. The van der Waals surface area contributed by atoms with Crippen LogP contribution in [0.1, 0.15) is 20.7 Å². The van der Waals surface area contributed by atoms with Gasteiger partial charge < -0.3 is 9.47 Å². The molecule has 0 saturated carbocycles. The van der Waals surface area contributed by atoms with E-state index in [9.17, 15) is 0 Å². The summed E-state index contributed by atoms with van der Waals surface area (Å²) in [6, 6.07) is 7.91. The van der Waals surface area contributed by atoms with Gasteiger partial charge in [0.15, 0.2) is 0 Å². The lowest BCUT2D eigenvalue weighted by Crippen LogP contribution is -1.98. The fourth-order valence-electron chi connectivity index (χ4n) is 1.83. The van der Waals surface area contributed by atoms with Crippen LogP contribution in [0.2, 0.25) is 0 Å². The standard InChI is InChI=1S/C14H14BrClO2S/c1-8-4-5-13(19-8)14(16)9-6-12(18-3)10(15)7-11(9)17-2/h4-7,14H,1-3H3. The van der Waals surface area contributed by atoms with Crippen LogP contribution in [0.5, 0.6) is 11.5 Å². The van der Waals surface area contributed by atoms with Gasteiger partial charge in [0.2, 0.25) is 0 Å². The Labute approximate surface area is 130 Å². The van der Waals surface area contributed by atoms with Gasteiger partial charge >= 0.3 is 0 Å². The second-order valence-corrected chi connectivity index (χ2v) is 6.65. The fraction of sp³-hybridized carbons (Fsp3) is 0.286. The van der Waals surface area contributed by atoms with E-state index in [1.54, 1.807) is 25.6 Å². The molecule has 19 heavy (non-hydrogen) atoms. The third kappa shape index (κ3) is 3.07. The van der Waals surface area contributed by atoms with Crippen LogP contribution in [0, 0.1) is 6.92 Å². The van der Waals surface area contributed by atoms with Crippen molar-refractivity contribution in [2.45, 2.75) is 12.3 Å². The lowest BCUT2D eigenvalue weighted by Gasteiger charge is -2.15. The van der Waals surface area contributed by atoms with Crippen LogP contribution in [0.4, 0.5) is 0 Å². The van der Waals surface area contributed by atoms with E-state index in [4.69, 9.17) is 21.1 Å². The highest BCUT2D eigenvalue weighted by Gasteiger charge is 2.19. The van der Waals surface area contributed by atoms with Gasteiger partial charge in [-0.25, -0.2) is 0 Å². The van der Waals surface area contributed by atoms with Gasteiger partial charge in [-0.2, -0.15) is 0 Å². The minimum atomic E-state index is -0.240. The van der Waals surface area contributed by atoms with E-state index in [1.165, 1.54) is 4.88 Å². The zero-order valence-electron chi connectivity index (χ0n) is 10.9. The summed E-state index contributed by atoms with van der Waals surface area (Å²) in [5, 5.41) is -0.240. The molecule has 1 aromatic heterocycles. The van der Waals surface area contributed by atoms with Crippen molar-refractivity contribution >= 4 is 38.9 Å². The SMILES string of the molecule is COc1cc(C(Cl)c2ccc(C)s2)c(OC)cc1Br. The second-order valence-electron chi connectivity index (χ2n) is 4.04. The maximum atomic E-state index is 6.57. The second kappa shape index (κ2) is 6.16. The van der Waals surface area contributed by atoms with E-state index in [2.05, 4.69) is 28.9 Å². The highest BCUT2D eigenvalue weighted by atomic mass is 79.9. The van der Waals surface area contributed by atoms with Crippen LogP contribution in [0.25, 0.3) is 0 Å². The molecule has 0 amide bonds. The number of halogens is 2. The molecule has 0 fully saturated rings. The van der Waals surface area contributed by atoms with E-state index >= 15 is 0 Å². The van der Waals surface area contributed by atoms with Crippen LogP contribution in [0.15, 0.2) is 28.7 Å². The van der Waals surface area contributed by atoms with Gasteiger partial charge in [-0.15, -0.1) is 22.9 Å². The molecule has 1 unspecified atom stereocenters. The van der Waals surface area contributed by atoms with E-state index in [0.29, 0.717) is 0 Å². The molecule has 0 radical (unpaired) electrons. The van der Waals surface area contributed by atoms with Gasteiger partial charge in [0.1, 0.15) is 11.5 Å². The van der Waals surface area contributed by atoms with Crippen LogP contribution in [-0.4, -0.2) is 14.2 Å². The van der Waals surface area contributed by atoms with Crippen molar-refractivity contribution in [1.29, 1.82) is 0 Å². The van der Waals surface area contributed by atoms with Crippen molar-refractivity contribution in [2.24, 2.45) is 0 Å². The third-order valence-electron chi connectivity index (χ3n) is 2.79. The molecule has 0 bridgehead atoms. The Morgan fingerprint density at radius 2 is 1.84 bits per heavy atom. The number of alkyl halides is 1. The topological polar surface area (TPSA) is 18.5 Å². The van der Waals surface area contributed by atoms with Crippen LogP contribution >= 0.6 is 38.9 Å². The number of aryl methyl sites for hydroxylation is 1. The average Bonchev–Trinajstić information content (AvgIpc) is 2.84. The molecule has 0 spiro atoms. The largest absolute Gasteiger partial charge is 0.496 e. The Bertz CT molecular complexity index is 583. The molecule has 0 aliphatic rings. The van der Waals surface area contributed by atoms with E-state index in [1.807, 2.05) is 18.2 Å². The first-order valence-electron chi connectivity index (χ1n) is 5.68. The first-order chi connectivity index (χ1) is 9.06. The van der Waals surface area contributed by atoms with Crippen molar-refractivity contribution in [1.82, 2.24) is 0 Å². The fourth-order valence-corrected chi connectivity index (χ4v) is 3.56. The third-order valence-corrected chi connectivity index (χ3v) is 5.07. The van der Waals surface area contributed by atoms with E-state index in [0.717, 1.165) is 26.4 Å². The number of ether oxygens (including phenoxy) is 2. The summed E-state index contributed by atoms with van der Waals surface area (Å²) in [7, 11) is 3.27. The van der Waals surface area contributed by atoms with Crippen LogP contribution in [0.3, 0.4) is 0 Å². The van der Waals surface area contributed by atoms with Crippen molar-refractivity contribution < 1.29 is 9.47 Å². The summed E-state index contributed by atoms with van der Waals surface area (Å²) in [4.78, 5) is 2.34. The lowest BCUT2D eigenvalue weighted by molar-refractivity contribution is 0.397. The molecule has 1 atom stereocenters. The van der Waals surface area contributed by atoms with Gasteiger partial charge in [-0.05, 0) is 47.1 Å². The van der Waals surface area contributed by atoms with Gasteiger partial charge in [-0.1, -0.05) is 0 Å². The predicted octanol–water partition coefficient (Wildman–Crippen LogP) is 5.16. The minimum Gasteiger partial charge on any atom is -0.496 e. The number of methoxy groups -OCH3 is 2. The summed E-state index contributed by atoms with van der Waals surface area (Å²) < 4.78 is 11.6. The Morgan fingerprint density at radius 3 is 2.37 bits per heavy atom. The smallest absolute Gasteiger partial charge is 0.133 e. The van der Waals surface area contributed by atoms with Crippen LogP contribution in [-0.2, 0) is 0 Å². The Balaban J connectivity index is 2.48. The van der Waals surface area contributed by atoms with Crippen molar-refractivity contribution in [3.8, 4) is 11.5 Å².